The maximum absolute atomic E-state index is 11.9. The van der Waals surface area contributed by atoms with E-state index in [2.05, 4.69) is 10.4 Å². The van der Waals surface area contributed by atoms with Crippen molar-refractivity contribution in [3.05, 3.63) is 53.3 Å². The largest absolute Gasteiger partial charge is 0.352 e. The van der Waals surface area contributed by atoms with Gasteiger partial charge in [0.2, 0.25) is 0 Å². The summed E-state index contributed by atoms with van der Waals surface area (Å²) in [6.07, 6.45) is 3.47. The fraction of sp³-hybridized carbons (Fsp3) is 0.333. The minimum Gasteiger partial charge on any atom is -0.352 e. The second kappa shape index (κ2) is 6.86. The van der Waals surface area contributed by atoms with Crippen molar-refractivity contribution in [1.82, 2.24) is 15.1 Å². The van der Waals surface area contributed by atoms with Crippen LogP contribution in [0.25, 0.3) is 0 Å². The third-order valence-electron chi connectivity index (χ3n) is 3.08. The zero-order valence-electron chi connectivity index (χ0n) is 11.7. The van der Waals surface area contributed by atoms with Gasteiger partial charge in [-0.15, -0.1) is 0 Å². The van der Waals surface area contributed by atoms with Gasteiger partial charge in [-0.05, 0) is 36.7 Å². The first-order chi connectivity index (χ1) is 9.69. The van der Waals surface area contributed by atoms with Crippen LogP contribution < -0.4 is 11.1 Å². The van der Waals surface area contributed by atoms with Gasteiger partial charge in [0.15, 0.2) is 0 Å². The Morgan fingerprint density at radius 2 is 2.00 bits per heavy atom. The van der Waals surface area contributed by atoms with Gasteiger partial charge >= 0.3 is 0 Å². The highest BCUT2D eigenvalue weighted by Gasteiger charge is 2.05. The molecule has 2 rings (SSSR count). The molecule has 0 atom stereocenters. The lowest BCUT2D eigenvalue weighted by atomic mass is 10.1. The Bertz CT molecular complexity index is 560. The molecule has 0 bridgehead atoms. The molecule has 0 aliphatic rings. The van der Waals surface area contributed by atoms with E-state index in [-0.39, 0.29) is 5.91 Å². The van der Waals surface area contributed by atoms with Crippen molar-refractivity contribution in [1.29, 1.82) is 0 Å². The summed E-state index contributed by atoms with van der Waals surface area (Å²) in [6.45, 7) is 1.20. The first kappa shape index (κ1) is 14.3. The van der Waals surface area contributed by atoms with Gasteiger partial charge in [-0.25, -0.2) is 0 Å². The van der Waals surface area contributed by atoms with E-state index < -0.39 is 0 Å². The Kier molecular flexibility index (Phi) is 4.90. The van der Waals surface area contributed by atoms with Crippen LogP contribution in [0.1, 0.15) is 21.6 Å². The predicted molar refractivity (Wildman–Crippen MR) is 78.4 cm³/mol. The summed E-state index contributed by atoms with van der Waals surface area (Å²) in [5.74, 6) is -0.0553. The second-order valence-electron chi connectivity index (χ2n) is 4.72. The summed E-state index contributed by atoms with van der Waals surface area (Å²) < 4.78 is 1.76. The van der Waals surface area contributed by atoms with Gasteiger partial charge in [-0.3, -0.25) is 9.48 Å². The molecular weight excluding hydrogens is 252 g/mol. The van der Waals surface area contributed by atoms with E-state index in [4.69, 9.17) is 5.73 Å². The van der Waals surface area contributed by atoms with Crippen LogP contribution in [-0.2, 0) is 19.9 Å². The molecule has 5 heteroatoms. The monoisotopic (exact) mass is 272 g/mol. The van der Waals surface area contributed by atoms with Gasteiger partial charge in [-0.1, -0.05) is 12.1 Å². The topological polar surface area (TPSA) is 72.9 Å². The first-order valence-corrected chi connectivity index (χ1v) is 6.75. The van der Waals surface area contributed by atoms with Gasteiger partial charge in [0.05, 0.1) is 5.69 Å². The zero-order valence-corrected chi connectivity index (χ0v) is 11.7. The van der Waals surface area contributed by atoms with Gasteiger partial charge in [-0.2, -0.15) is 5.10 Å². The first-order valence-electron chi connectivity index (χ1n) is 6.75. The van der Waals surface area contributed by atoms with Crippen LogP contribution >= 0.6 is 0 Å². The van der Waals surface area contributed by atoms with E-state index in [1.54, 1.807) is 4.68 Å². The zero-order chi connectivity index (χ0) is 14.4. The summed E-state index contributed by atoms with van der Waals surface area (Å²) in [7, 11) is 1.88. The molecule has 0 aliphatic heterocycles. The molecule has 0 fully saturated rings. The molecule has 5 nitrogen and oxygen atoms in total. The van der Waals surface area contributed by atoms with Crippen LogP contribution in [0.4, 0.5) is 0 Å². The van der Waals surface area contributed by atoms with Crippen LogP contribution in [0.2, 0.25) is 0 Å². The van der Waals surface area contributed by atoms with E-state index in [0.29, 0.717) is 18.7 Å². The number of nitrogens with one attached hydrogen (secondary N) is 1. The van der Waals surface area contributed by atoms with Crippen molar-refractivity contribution in [2.24, 2.45) is 12.8 Å². The second-order valence-corrected chi connectivity index (χ2v) is 4.72. The van der Waals surface area contributed by atoms with Gasteiger partial charge in [0.25, 0.3) is 5.91 Å². The van der Waals surface area contributed by atoms with Crippen LogP contribution in [0, 0.1) is 0 Å². The van der Waals surface area contributed by atoms with Crippen LogP contribution in [0.3, 0.4) is 0 Å². The third-order valence-corrected chi connectivity index (χ3v) is 3.08. The van der Waals surface area contributed by atoms with Crippen LogP contribution in [0.5, 0.6) is 0 Å². The van der Waals surface area contributed by atoms with Crippen molar-refractivity contribution in [3.63, 3.8) is 0 Å². The Morgan fingerprint density at radius 1 is 1.25 bits per heavy atom. The Balaban J connectivity index is 1.82. The number of nitrogens with zero attached hydrogens (tertiary/aromatic N) is 2. The highest BCUT2D eigenvalue weighted by molar-refractivity contribution is 5.94. The average Bonchev–Trinajstić information content (AvgIpc) is 2.85. The number of aryl methyl sites for hydroxylation is 1. The number of nitrogens with two attached hydrogens (primary N) is 1. The molecule has 1 amide bonds. The van der Waals surface area contributed by atoms with E-state index in [1.165, 1.54) is 0 Å². The van der Waals surface area contributed by atoms with Crippen molar-refractivity contribution in [2.45, 2.75) is 12.8 Å². The fourth-order valence-corrected chi connectivity index (χ4v) is 1.99. The molecule has 0 radical (unpaired) electrons. The Hall–Kier alpha value is -2.14. The fourth-order valence-electron chi connectivity index (χ4n) is 1.99. The molecule has 106 valence electrons. The standard InChI is InChI=1S/C15H20N4O/c1-19-11-8-14(18-19)7-10-17-15(20)13-4-2-12(3-5-13)6-9-16/h2-5,8,11H,6-7,9-10,16H2,1H3,(H,17,20). The van der Waals surface area contributed by atoms with Crippen molar-refractivity contribution >= 4 is 5.91 Å². The number of hydrogen-bond donors (Lipinski definition) is 2. The van der Waals surface area contributed by atoms with Crippen LogP contribution in [-0.4, -0.2) is 28.8 Å². The number of carbonyl (C=O) groups is 1. The quantitative estimate of drug-likeness (QED) is 0.820. The van der Waals surface area contributed by atoms with E-state index in [1.807, 2.05) is 43.6 Å². The lowest BCUT2D eigenvalue weighted by Crippen LogP contribution is -2.25. The summed E-state index contributed by atoms with van der Waals surface area (Å²) in [6, 6.07) is 9.51. The number of hydrogen-bond acceptors (Lipinski definition) is 3. The highest BCUT2D eigenvalue weighted by atomic mass is 16.1. The van der Waals surface area contributed by atoms with Gasteiger partial charge in [0.1, 0.15) is 0 Å². The smallest absolute Gasteiger partial charge is 0.251 e. The molecule has 1 heterocycles. The van der Waals surface area contributed by atoms with Crippen LogP contribution in [0.15, 0.2) is 36.5 Å². The van der Waals surface area contributed by atoms with Crippen molar-refractivity contribution in [2.75, 3.05) is 13.1 Å². The highest BCUT2D eigenvalue weighted by Crippen LogP contribution is 2.05. The lowest BCUT2D eigenvalue weighted by molar-refractivity contribution is 0.0954. The van der Waals surface area contributed by atoms with Gasteiger partial charge < -0.3 is 11.1 Å². The number of carbonyl (C=O) groups excluding carboxylic acids is 1. The molecule has 2 aromatic rings. The molecule has 0 spiro atoms. The summed E-state index contributed by atoms with van der Waals surface area (Å²) >= 11 is 0. The number of aromatic nitrogens is 2. The number of benzene rings is 1. The molecule has 0 saturated carbocycles. The molecular formula is C15H20N4O. The summed E-state index contributed by atoms with van der Waals surface area (Å²) in [4.78, 5) is 11.9. The van der Waals surface area contributed by atoms with Crippen molar-refractivity contribution < 1.29 is 4.79 Å². The molecule has 20 heavy (non-hydrogen) atoms. The van der Waals surface area contributed by atoms with E-state index >= 15 is 0 Å². The Morgan fingerprint density at radius 3 is 2.60 bits per heavy atom. The van der Waals surface area contributed by atoms with E-state index in [0.717, 1.165) is 24.1 Å². The SMILES string of the molecule is Cn1ccc(CCNC(=O)c2ccc(CCN)cc2)n1. The normalized spacial score (nSPS) is 10.5. The molecule has 0 saturated heterocycles. The molecule has 3 N–H and O–H groups in total. The number of rotatable bonds is 6. The minimum absolute atomic E-state index is 0.0553. The van der Waals surface area contributed by atoms with Gasteiger partial charge in [0, 0.05) is 31.8 Å². The van der Waals surface area contributed by atoms with Crippen molar-refractivity contribution in [3.8, 4) is 0 Å². The predicted octanol–water partition coefficient (Wildman–Crippen LogP) is 0.894. The molecule has 0 unspecified atom stereocenters. The minimum atomic E-state index is -0.0553. The number of amides is 1. The molecule has 0 aliphatic carbocycles. The summed E-state index contributed by atoms with van der Waals surface area (Å²) in [5.41, 5.74) is 8.30. The summed E-state index contributed by atoms with van der Waals surface area (Å²) in [5, 5.41) is 7.16. The lowest BCUT2D eigenvalue weighted by Gasteiger charge is -2.05. The van der Waals surface area contributed by atoms with E-state index in [9.17, 15) is 4.79 Å². The average molecular weight is 272 g/mol. The maximum atomic E-state index is 11.9. The molecule has 1 aromatic heterocycles. The third kappa shape index (κ3) is 3.93. The molecule has 1 aromatic carbocycles. The Labute approximate surface area is 118 Å². The maximum Gasteiger partial charge on any atom is 0.251 e.